The first-order chi connectivity index (χ1) is 14.5. The number of imidazole rings is 1. The molecule has 1 aliphatic rings. The molecule has 30 heavy (non-hydrogen) atoms. The second-order valence-electron chi connectivity index (χ2n) is 8.17. The number of aromatic amines is 1. The SMILES string of the molecule is CC(C)C(O)COC1CCC(NC(=O)c2nc(-n3ccnc3)nc3cc[nH]c23)CC1. The highest BCUT2D eigenvalue weighted by Crippen LogP contribution is 2.23. The van der Waals surface area contributed by atoms with E-state index in [9.17, 15) is 9.90 Å². The van der Waals surface area contributed by atoms with Gasteiger partial charge in [-0.15, -0.1) is 0 Å². The van der Waals surface area contributed by atoms with Gasteiger partial charge in [-0.1, -0.05) is 13.8 Å². The number of carbonyl (C=O) groups is 1. The smallest absolute Gasteiger partial charge is 0.272 e. The molecule has 0 aromatic carbocycles. The zero-order chi connectivity index (χ0) is 21.1. The Morgan fingerprint density at radius 2 is 2.13 bits per heavy atom. The van der Waals surface area contributed by atoms with Crippen molar-refractivity contribution in [2.24, 2.45) is 5.92 Å². The predicted octanol–water partition coefficient (Wildman–Crippen LogP) is 2.22. The highest BCUT2D eigenvalue weighted by Gasteiger charge is 2.26. The molecule has 1 atom stereocenters. The predicted molar refractivity (Wildman–Crippen MR) is 111 cm³/mol. The third kappa shape index (κ3) is 4.52. The molecule has 9 heteroatoms. The van der Waals surface area contributed by atoms with Crippen LogP contribution in [0.15, 0.2) is 31.0 Å². The summed E-state index contributed by atoms with van der Waals surface area (Å²) in [6, 6.07) is 1.89. The van der Waals surface area contributed by atoms with Gasteiger partial charge in [-0.05, 0) is 37.7 Å². The topological polar surface area (TPSA) is 118 Å². The molecule has 0 saturated heterocycles. The van der Waals surface area contributed by atoms with Gasteiger partial charge in [-0.3, -0.25) is 9.36 Å². The molecule has 0 bridgehead atoms. The van der Waals surface area contributed by atoms with E-state index < -0.39 is 6.10 Å². The van der Waals surface area contributed by atoms with Crippen LogP contribution in [0.1, 0.15) is 50.0 Å². The van der Waals surface area contributed by atoms with Gasteiger partial charge < -0.3 is 20.1 Å². The third-order valence-electron chi connectivity index (χ3n) is 5.63. The van der Waals surface area contributed by atoms with Crippen LogP contribution in [0.25, 0.3) is 17.0 Å². The number of hydrogen-bond acceptors (Lipinski definition) is 6. The Balaban J connectivity index is 1.39. The molecule has 0 radical (unpaired) electrons. The van der Waals surface area contributed by atoms with Crippen molar-refractivity contribution in [1.82, 2.24) is 29.8 Å². The Morgan fingerprint density at radius 1 is 1.33 bits per heavy atom. The molecule has 4 rings (SSSR count). The van der Waals surface area contributed by atoms with E-state index in [4.69, 9.17) is 4.74 Å². The monoisotopic (exact) mass is 412 g/mol. The molecule has 1 unspecified atom stereocenters. The summed E-state index contributed by atoms with van der Waals surface area (Å²) in [5.74, 6) is 0.377. The van der Waals surface area contributed by atoms with E-state index in [1.54, 1.807) is 29.5 Å². The normalized spacial score (nSPS) is 20.5. The lowest BCUT2D eigenvalue weighted by molar-refractivity contribution is -0.0399. The van der Waals surface area contributed by atoms with Gasteiger partial charge in [-0.2, -0.15) is 0 Å². The average molecular weight is 412 g/mol. The van der Waals surface area contributed by atoms with E-state index >= 15 is 0 Å². The van der Waals surface area contributed by atoms with Crippen molar-refractivity contribution in [2.45, 2.75) is 57.8 Å². The second kappa shape index (κ2) is 8.93. The molecule has 1 aliphatic carbocycles. The molecule has 160 valence electrons. The van der Waals surface area contributed by atoms with Gasteiger partial charge in [0, 0.05) is 24.6 Å². The van der Waals surface area contributed by atoms with E-state index in [-0.39, 0.29) is 24.0 Å². The summed E-state index contributed by atoms with van der Waals surface area (Å²) in [4.78, 5) is 29.1. The minimum atomic E-state index is -0.437. The largest absolute Gasteiger partial charge is 0.390 e. The number of nitrogens with zero attached hydrogens (tertiary/aromatic N) is 4. The minimum absolute atomic E-state index is 0.0732. The van der Waals surface area contributed by atoms with E-state index in [0.29, 0.717) is 29.3 Å². The summed E-state index contributed by atoms with van der Waals surface area (Å²) in [6.07, 6.45) is 9.83. The van der Waals surface area contributed by atoms with Crippen LogP contribution in [-0.2, 0) is 4.74 Å². The summed E-state index contributed by atoms with van der Waals surface area (Å²) in [7, 11) is 0. The van der Waals surface area contributed by atoms with Crippen LogP contribution < -0.4 is 5.32 Å². The van der Waals surface area contributed by atoms with Crippen LogP contribution in [-0.4, -0.2) is 60.4 Å². The molecular weight excluding hydrogens is 384 g/mol. The van der Waals surface area contributed by atoms with Crippen molar-refractivity contribution >= 4 is 16.9 Å². The molecule has 3 N–H and O–H groups in total. The number of amides is 1. The number of nitrogens with one attached hydrogen (secondary N) is 2. The van der Waals surface area contributed by atoms with E-state index in [1.807, 2.05) is 19.9 Å². The maximum Gasteiger partial charge on any atom is 0.272 e. The summed E-state index contributed by atoms with van der Waals surface area (Å²) in [5.41, 5.74) is 1.63. The first-order valence-corrected chi connectivity index (χ1v) is 10.4. The maximum atomic E-state index is 13.0. The number of aliphatic hydroxyl groups excluding tert-OH is 1. The van der Waals surface area contributed by atoms with Crippen molar-refractivity contribution in [1.29, 1.82) is 0 Å². The first-order valence-electron chi connectivity index (χ1n) is 10.4. The first kappa shape index (κ1) is 20.5. The average Bonchev–Trinajstić information content (AvgIpc) is 3.43. The van der Waals surface area contributed by atoms with Gasteiger partial charge in [0.2, 0.25) is 5.95 Å². The van der Waals surface area contributed by atoms with Crippen LogP contribution in [0.2, 0.25) is 0 Å². The van der Waals surface area contributed by atoms with Crippen LogP contribution in [0, 0.1) is 5.92 Å². The quantitative estimate of drug-likeness (QED) is 0.548. The van der Waals surface area contributed by atoms with Gasteiger partial charge in [0.1, 0.15) is 6.33 Å². The van der Waals surface area contributed by atoms with Gasteiger partial charge in [0.15, 0.2) is 5.69 Å². The van der Waals surface area contributed by atoms with Gasteiger partial charge in [0.25, 0.3) is 5.91 Å². The lowest BCUT2D eigenvalue weighted by Crippen LogP contribution is -2.40. The van der Waals surface area contributed by atoms with Crippen LogP contribution in [0.4, 0.5) is 0 Å². The van der Waals surface area contributed by atoms with Crippen molar-refractivity contribution in [2.75, 3.05) is 6.61 Å². The van der Waals surface area contributed by atoms with Crippen LogP contribution in [0.3, 0.4) is 0 Å². The summed E-state index contributed by atoms with van der Waals surface area (Å²) in [6.45, 7) is 4.32. The van der Waals surface area contributed by atoms with E-state index in [0.717, 1.165) is 25.7 Å². The second-order valence-corrected chi connectivity index (χ2v) is 8.17. The van der Waals surface area contributed by atoms with Crippen molar-refractivity contribution in [3.05, 3.63) is 36.7 Å². The van der Waals surface area contributed by atoms with Crippen LogP contribution >= 0.6 is 0 Å². The van der Waals surface area contributed by atoms with Gasteiger partial charge >= 0.3 is 0 Å². The fourth-order valence-electron chi connectivity index (χ4n) is 3.64. The molecule has 0 aliphatic heterocycles. The zero-order valence-electron chi connectivity index (χ0n) is 17.3. The maximum absolute atomic E-state index is 13.0. The zero-order valence-corrected chi connectivity index (χ0v) is 17.3. The number of ether oxygens (including phenoxy) is 1. The number of aromatic nitrogens is 5. The fourth-order valence-corrected chi connectivity index (χ4v) is 3.64. The van der Waals surface area contributed by atoms with Gasteiger partial charge in [0.05, 0.1) is 29.8 Å². The number of carbonyl (C=O) groups excluding carboxylic acids is 1. The minimum Gasteiger partial charge on any atom is -0.390 e. The number of rotatable bonds is 7. The van der Waals surface area contributed by atoms with Gasteiger partial charge in [-0.25, -0.2) is 15.0 Å². The van der Waals surface area contributed by atoms with Crippen molar-refractivity contribution < 1.29 is 14.6 Å². The Hall–Kier alpha value is -2.78. The molecule has 1 fully saturated rings. The standard InChI is InChI=1S/C21H28N6O3/c1-13(2)17(28)11-30-15-5-3-14(4-6-15)24-20(29)19-18-16(7-8-23-18)25-21(26-19)27-10-9-22-12-27/h7-10,12-15,17,23,28H,3-6,11H2,1-2H3,(H,24,29). The Labute approximate surface area is 174 Å². The number of hydrogen-bond donors (Lipinski definition) is 3. The molecule has 1 saturated carbocycles. The Bertz CT molecular complexity index is 976. The lowest BCUT2D eigenvalue weighted by atomic mass is 9.92. The molecule has 9 nitrogen and oxygen atoms in total. The Kier molecular flexibility index (Phi) is 6.10. The molecular formula is C21H28N6O3. The number of aliphatic hydroxyl groups is 1. The highest BCUT2D eigenvalue weighted by molar-refractivity contribution is 6.03. The van der Waals surface area contributed by atoms with E-state index in [2.05, 4.69) is 25.3 Å². The number of H-pyrrole nitrogens is 1. The fraction of sp³-hybridized carbons (Fsp3) is 0.524. The molecule has 1 amide bonds. The Morgan fingerprint density at radius 3 is 2.83 bits per heavy atom. The van der Waals surface area contributed by atoms with E-state index in [1.165, 1.54) is 0 Å². The van der Waals surface area contributed by atoms with Crippen molar-refractivity contribution in [3.8, 4) is 5.95 Å². The summed E-state index contributed by atoms with van der Waals surface area (Å²) in [5, 5.41) is 13.0. The molecule has 3 aromatic rings. The third-order valence-corrected chi connectivity index (χ3v) is 5.63. The number of fused-ring (bicyclic) bond motifs is 1. The molecule has 3 aromatic heterocycles. The lowest BCUT2D eigenvalue weighted by Gasteiger charge is -2.30. The van der Waals surface area contributed by atoms with Crippen molar-refractivity contribution in [3.63, 3.8) is 0 Å². The van der Waals surface area contributed by atoms with Crippen LogP contribution in [0.5, 0.6) is 0 Å². The molecule has 0 spiro atoms. The summed E-state index contributed by atoms with van der Waals surface area (Å²) >= 11 is 0. The summed E-state index contributed by atoms with van der Waals surface area (Å²) < 4.78 is 7.53. The highest BCUT2D eigenvalue weighted by atomic mass is 16.5. The molecule has 3 heterocycles.